The third-order valence-electron chi connectivity index (χ3n) is 5.30. The average molecular weight is 291 g/mol. The van der Waals surface area contributed by atoms with Crippen LogP contribution >= 0.6 is 0 Å². The van der Waals surface area contributed by atoms with Crippen LogP contribution in [0.15, 0.2) is 18.2 Å². The van der Waals surface area contributed by atoms with Gasteiger partial charge in [0.05, 0.1) is 6.61 Å². The van der Waals surface area contributed by atoms with Crippen LogP contribution in [0.1, 0.15) is 51.1 Å². The first-order chi connectivity index (χ1) is 10.2. The quantitative estimate of drug-likeness (QED) is 0.843. The first-order valence-corrected chi connectivity index (χ1v) is 8.33. The Kier molecular flexibility index (Phi) is 4.48. The number of halogens is 1. The lowest BCUT2D eigenvalue weighted by molar-refractivity contribution is 0.189. The van der Waals surface area contributed by atoms with Gasteiger partial charge in [-0.25, -0.2) is 4.39 Å². The fourth-order valence-corrected chi connectivity index (χ4v) is 4.10. The molecule has 1 aromatic rings. The van der Waals surface area contributed by atoms with Crippen LogP contribution in [-0.4, -0.2) is 13.2 Å². The number of hydrogen-bond acceptors (Lipinski definition) is 2. The van der Waals surface area contributed by atoms with Crippen molar-refractivity contribution in [3.63, 3.8) is 0 Å². The maximum absolute atomic E-state index is 14.2. The molecule has 0 amide bonds. The zero-order chi connectivity index (χ0) is 14.8. The largest absolute Gasteiger partial charge is 0.490 e. The predicted molar refractivity (Wildman–Crippen MR) is 82.9 cm³/mol. The molecular weight excluding hydrogens is 265 g/mol. The lowest BCUT2D eigenvalue weighted by atomic mass is 9.89. The molecule has 0 aromatic heterocycles. The summed E-state index contributed by atoms with van der Waals surface area (Å²) in [5.74, 6) is 2.55. The number of rotatable bonds is 6. The second-order valence-electron chi connectivity index (χ2n) is 6.72. The number of ether oxygens (including phenoxy) is 1. The second kappa shape index (κ2) is 6.35. The molecule has 0 radical (unpaired) electrons. The maximum atomic E-state index is 14.2. The zero-order valence-corrected chi connectivity index (χ0v) is 13.1. The molecule has 2 fully saturated rings. The molecule has 1 N–H and O–H groups in total. The van der Waals surface area contributed by atoms with Crippen molar-refractivity contribution >= 4 is 0 Å². The number of nitrogens with one attached hydrogen (secondary N) is 1. The van der Waals surface area contributed by atoms with Crippen molar-refractivity contribution in [3.05, 3.63) is 29.6 Å². The van der Waals surface area contributed by atoms with Crippen LogP contribution in [-0.2, 0) is 0 Å². The lowest BCUT2D eigenvalue weighted by Crippen LogP contribution is -2.19. The molecule has 0 spiro atoms. The molecule has 1 aromatic carbocycles. The second-order valence-corrected chi connectivity index (χ2v) is 6.72. The normalized spacial score (nSPS) is 28.8. The van der Waals surface area contributed by atoms with Gasteiger partial charge in [-0.3, -0.25) is 0 Å². The third-order valence-corrected chi connectivity index (χ3v) is 5.30. The molecule has 2 nitrogen and oxygen atoms in total. The van der Waals surface area contributed by atoms with Gasteiger partial charge in [0.1, 0.15) is 0 Å². The third kappa shape index (κ3) is 3.23. The van der Waals surface area contributed by atoms with E-state index >= 15 is 0 Å². The van der Waals surface area contributed by atoms with Crippen LogP contribution in [0.2, 0.25) is 0 Å². The summed E-state index contributed by atoms with van der Waals surface area (Å²) in [5.41, 5.74) is 0.974. The summed E-state index contributed by atoms with van der Waals surface area (Å²) in [4.78, 5) is 0. The molecule has 3 heteroatoms. The molecule has 2 aliphatic rings. The summed E-state index contributed by atoms with van der Waals surface area (Å²) in [5, 5.41) is 3.30. The van der Waals surface area contributed by atoms with E-state index in [1.807, 2.05) is 13.0 Å². The van der Waals surface area contributed by atoms with Crippen LogP contribution in [0, 0.1) is 23.6 Å². The Morgan fingerprint density at radius 1 is 1.33 bits per heavy atom. The Hall–Kier alpha value is -1.09. The van der Waals surface area contributed by atoms with Crippen molar-refractivity contribution in [2.24, 2.45) is 17.8 Å². The number of hydrogen-bond donors (Lipinski definition) is 1. The van der Waals surface area contributed by atoms with Gasteiger partial charge in [0, 0.05) is 6.04 Å². The predicted octanol–water partition coefficient (Wildman–Crippen LogP) is 4.31. The van der Waals surface area contributed by atoms with Crippen LogP contribution < -0.4 is 10.1 Å². The van der Waals surface area contributed by atoms with Crippen molar-refractivity contribution in [3.8, 4) is 5.75 Å². The summed E-state index contributed by atoms with van der Waals surface area (Å²) in [6, 6.07) is 5.52. The van der Waals surface area contributed by atoms with Crippen LogP contribution in [0.25, 0.3) is 0 Å². The Labute approximate surface area is 127 Å². The first kappa shape index (κ1) is 14.8. The van der Waals surface area contributed by atoms with E-state index in [4.69, 9.17) is 4.74 Å². The van der Waals surface area contributed by atoms with Gasteiger partial charge in [0.15, 0.2) is 11.6 Å². The van der Waals surface area contributed by atoms with E-state index < -0.39 is 0 Å². The smallest absolute Gasteiger partial charge is 0.165 e. The van der Waals surface area contributed by atoms with Crippen LogP contribution in [0.5, 0.6) is 5.75 Å². The molecule has 0 aliphatic heterocycles. The molecule has 21 heavy (non-hydrogen) atoms. The Balaban J connectivity index is 1.58. The Bertz CT molecular complexity index is 490. The molecule has 3 rings (SSSR count). The minimum Gasteiger partial charge on any atom is -0.490 e. The highest BCUT2D eigenvalue weighted by Gasteiger charge is 2.39. The van der Waals surface area contributed by atoms with Gasteiger partial charge in [-0.2, -0.15) is 0 Å². The Morgan fingerprint density at radius 3 is 2.81 bits per heavy atom. The van der Waals surface area contributed by atoms with Crippen molar-refractivity contribution < 1.29 is 9.13 Å². The number of fused-ring (bicyclic) bond motifs is 2. The van der Waals surface area contributed by atoms with Crippen molar-refractivity contribution in [2.45, 2.75) is 45.6 Å². The zero-order valence-electron chi connectivity index (χ0n) is 13.1. The first-order valence-electron chi connectivity index (χ1n) is 8.33. The van der Waals surface area contributed by atoms with E-state index in [2.05, 4.69) is 12.2 Å². The fourth-order valence-electron chi connectivity index (χ4n) is 4.10. The fraction of sp³-hybridized carbons (Fsp3) is 0.667. The molecular formula is C18H26FNO. The van der Waals surface area contributed by atoms with E-state index in [0.717, 1.165) is 23.9 Å². The summed E-state index contributed by atoms with van der Waals surface area (Å²) >= 11 is 0. The molecule has 116 valence electrons. The minimum absolute atomic E-state index is 0.170. The molecule has 4 atom stereocenters. The van der Waals surface area contributed by atoms with Gasteiger partial charge in [-0.05, 0) is 68.2 Å². The van der Waals surface area contributed by atoms with Gasteiger partial charge in [0.25, 0.3) is 0 Å². The number of benzene rings is 1. The van der Waals surface area contributed by atoms with E-state index in [1.165, 1.54) is 25.7 Å². The highest BCUT2D eigenvalue weighted by atomic mass is 19.1. The summed E-state index contributed by atoms with van der Waals surface area (Å²) in [6.07, 6.45) is 5.39. The van der Waals surface area contributed by atoms with Gasteiger partial charge < -0.3 is 10.1 Å². The molecule has 0 saturated heterocycles. The lowest BCUT2D eigenvalue weighted by Gasteiger charge is -2.22. The summed E-state index contributed by atoms with van der Waals surface area (Å²) < 4.78 is 19.9. The molecule has 2 saturated carbocycles. The molecule has 2 aliphatic carbocycles. The summed E-state index contributed by atoms with van der Waals surface area (Å²) in [7, 11) is 0. The highest BCUT2D eigenvalue weighted by molar-refractivity contribution is 5.31. The van der Waals surface area contributed by atoms with E-state index in [9.17, 15) is 4.39 Å². The van der Waals surface area contributed by atoms with Gasteiger partial charge in [0.2, 0.25) is 0 Å². The van der Waals surface area contributed by atoms with Gasteiger partial charge >= 0.3 is 0 Å². The SMILES string of the molecule is CCNC(C)c1ccc(OCC2CC3CCC2C3)c(F)c1. The molecule has 4 unspecified atom stereocenters. The standard InChI is InChI=1S/C18H26FNO/c1-3-20-12(2)14-6-7-18(17(19)10-14)21-11-16-9-13-4-5-15(16)8-13/h6-7,10,12-13,15-16,20H,3-5,8-9,11H2,1-2H3. The Morgan fingerprint density at radius 2 is 2.19 bits per heavy atom. The van der Waals surface area contributed by atoms with Crippen molar-refractivity contribution in [1.29, 1.82) is 0 Å². The van der Waals surface area contributed by atoms with Gasteiger partial charge in [-0.1, -0.05) is 19.4 Å². The maximum Gasteiger partial charge on any atom is 0.165 e. The van der Waals surface area contributed by atoms with Crippen LogP contribution in [0.4, 0.5) is 4.39 Å². The minimum atomic E-state index is -0.236. The van der Waals surface area contributed by atoms with E-state index in [1.54, 1.807) is 12.1 Å². The molecule has 0 heterocycles. The van der Waals surface area contributed by atoms with Crippen molar-refractivity contribution in [2.75, 3.05) is 13.2 Å². The average Bonchev–Trinajstić information content (AvgIpc) is 3.08. The summed E-state index contributed by atoms with van der Waals surface area (Å²) in [6.45, 7) is 5.67. The topological polar surface area (TPSA) is 21.3 Å². The van der Waals surface area contributed by atoms with E-state index in [0.29, 0.717) is 18.3 Å². The molecule has 2 bridgehead atoms. The van der Waals surface area contributed by atoms with Gasteiger partial charge in [-0.15, -0.1) is 0 Å². The monoisotopic (exact) mass is 291 g/mol. The van der Waals surface area contributed by atoms with Crippen molar-refractivity contribution in [1.82, 2.24) is 5.32 Å². The van der Waals surface area contributed by atoms with E-state index in [-0.39, 0.29) is 11.9 Å². The highest BCUT2D eigenvalue weighted by Crippen LogP contribution is 2.48. The van der Waals surface area contributed by atoms with Crippen LogP contribution in [0.3, 0.4) is 0 Å².